The first kappa shape index (κ1) is 10.8. The van der Waals surface area contributed by atoms with E-state index in [9.17, 15) is 4.79 Å². The van der Waals surface area contributed by atoms with Crippen molar-refractivity contribution in [3.05, 3.63) is 28.8 Å². The van der Waals surface area contributed by atoms with Crippen LogP contribution in [0.4, 0.5) is 0 Å². The Morgan fingerprint density at radius 3 is 2.50 bits per heavy atom. The summed E-state index contributed by atoms with van der Waals surface area (Å²) < 4.78 is 5.29. The lowest BCUT2D eigenvalue weighted by molar-refractivity contribution is 0.101. The van der Waals surface area contributed by atoms with Crippen molar-refractivity contribution >= 4 is 5.78 Å². The Morgan fingerprint density at radius 2 is 2.07 bits per heavy atom. The zero-order chi connectivity index (χ0) is 10.7. The number of aryl methyl sites for hydroxylation is 2. The number of ketones is 1. The second kappa shape index (κ2) is 4.27. The van der Waals surface area contributed by atoms with Gasteiger partial charge >= 0.3 is 0 Å². The molecule has 0 saturated heterocycles. The van der Waals surface area contributed by atoms with Gasteiger partial charge in [0.15, 0.2) is 5.78 Å². The van der Waals surface area contributed by atoms with Crippen molar-refractivity contribution in [1.82, 2.24) is 0 Å². The third-order valence-electron chi connectivity index (χ3n) is 2.34. The van der Waals surface area contributed by atoms with Crippen LogP contribution in [0, 0.1) is 6.92 Å². The molecule has 0 radical (unpaired) electrons. The highest BCUT2D eigenvalue weighted by Crippen LogP contribution is 2.25. The van der Waals surface area contributed by atoms with Crippen LogP contribution in [0.3, 0.4) is 0 Å². The first-order valence-corrected chi connectivity index (χ1v) is 4.78. The Kier molecular flexibility index (Phi) is 3.28. The van der Waals surface area contributed by atoms with Crippen molar-refractivity contribution in [2.45, 2.75) is 27.2 Å². The lowest BCUT2D eigenvalue weighted by Gasteiger charge is -2.11. The van der Waals surface area contributed by atoms with Crippen LogP contribution in [0.15, 0.2) is 12.1 Å². The largest absolute Gasteiger partial charge is 0.496 e. The van der Waals surface area contributed by atoms with Gasteiger partial charge in [-0.2, -0.15) is 0 Å². The average molecular weight is 192 g/mol. The normalized spacial score (nSPS) is 10.0. The summed E-state index contributed by atoms with van der Waals surface area (Å²) in [6.07, 6.45) is 0.880. The predicted octanol–water partition coefficient (Wildman–Crippen LogP) is 2.77. The molecule has 0 amide bonds. The van der Waals surface area contributed by atoms with Gasteiger partial charge in [0, 0.05) is 5.56 Å². The number of carbonyl (C=O) groups is 1. The number of carbonyl (C=O) groups excluding carboxylic acids is 1. The lowest BCUT2D eigenvalue weighted by atomic mass is 10.0. The average Bonchev–Trinajstić information content (AvgIpc) is 2.16. The summed E-state index contributed by atoms with van der Waals surface area (Å²) in [6.45, 7) is 5.60. The maximum Gasteiger partial charge on any atom is 0.159 e. The van der Waals surface area contributed by atoms with Crippen LogP contribution in [0.5, 0.6) is 5.75 Å². The third kappa shape index (κ3) is 1.95. The Hall–Kier alpha value is -1.31. The van der Waals surface area contributed by atoms with Gasteiger partial charge in [-0.1, -0.05) is 6.92 Å². The van der Waals surface area contributed by atoms with E-state index in [1.807, 2.05) is 19.1 Å². The van der Waals surface area contributed by atoms with Gasteiger partial charge in [-0.3, -0.25) is 4.79 Å². The highest BCUT2D eigenvalue weighted by molar-refractivity contribution is 5.94. The molecule has 2 heteroatoms. The first-order valence-electron chi connectivity index (χ1n) is 4.78. The topological polar surface area (TPSA) is 26.3 Å². The van der Waals surface area contributed by atoms with Gasteiger partial charge in [0.05, 0.1) is 7.11 Å². The molecule has 0 bridgehead atoms. The first-order chi connectivity index (χ1) is 6.60. The molecule has 0 saturated carbocycles. The molecule has 2 nitrogen and oxygen atoms in total. The van der Waals surface area contributed by atoms with E-state index in [2.05, 4.69) is 6.92 Å². The van der Waals surface area contributed by atoms with Crippen molar-refractivity contribution in [1.29, 1.82) is 0 Å². The second-order valence-corrected chi connectivity index (χ2v) is 3.40. The second-order valence-electron chi connectivity index (χ2n) is 3.40. The van der Waals surface area contributed by atoms with Crippen LogP contribution in [0.1, 0.15) is 35.3 Å². The molecular formula is C12H16O2. The SMILES string of the molecule is CCc1cc(C(C)=O)cc(C)c1OC. The van der Waals surface area contributed by atoms with Crippen molar-refractivity contribution < 1.29 is 9.53 Å². The number of hydrogen-bond donors (Lipinski definition) is 0. The van der Waals surface area contributed by atoms with E-state index in [1.54, 1.807) is 14.0 Å². The van der Waals surface area contributed by atoms with Crippen LogP contribution < -0.4 is 4.74 Å². The van der Waals surface area contributed by atoms with E-state index >= 15 is 0 Å². The fourth-order valence-electron chi connectivity index (χ4n) is 1.60. The van der Waals surface area contributed by atoms with Gasteiger partial charge in [0.2, 0.25) is 0 Å². The minimum atomic E-state index is 0.102. The van der Waals surface area contributed by atoms with Crippen LogP contribution in [0.2, 0.25) is 0 Å². The van der Waals surface area contributed by atoms with Crippen LogP contribution in [-0.4, -0.2) is 12.9 Å². The van der Waals surface area contributed by atoms with Crippen LogP contribution in [-0.2, 0) is 6.42 Å². The number of hydrogen-bond acceptors (Lipinski definition) is 2. The van der Waals surface area contributed by atoms with Gasteiger partial charge in [0.25, 0.3) is 0 Å². The Balaban J connectivity index is 3.31. The molecule has 0 atom stereocenters. The van der Waals surface area contributed by atoms with Crippen molar-refractivity contribution in [2.75, 3.05) is 7.11 Å². The maximum absolute atomic E-state index is 11.2. The minimum Gasteiger partial charge on any atom is -0.496 e. The molecule has 1 aromatic rings. The predicted molar refractivity (Wildman–Crippen MR) is 57.1 cm³/mol. The van der Waals surface area contributed by atoms with E-state index < -0.39 is 0 Å². The zero-order valence-electron chi connectivity index (χ0n) is 9.18. The maximum atomic E-state index is 11.2. The summed E-state index contributed by atoms with van der Waals surface area (Å²) in [7, 11) is 1.66. The minimum absolute atomic E-state index is 0.102. The van der Waals surface area contributed by atoms with Gasteiger partial charge in [-0.15, -0.1) is 0 Å². The number of methoxy groups -OCH3 is 1. The highest BCUT2D eigenvalue weighted by atomic mass is 16.5. The number of benzene rings is 1. The molecule has 14 heavy (non-hydrogen) atoms. The Labute approximate surface area is 84.9 Å². The Morgan fingerprint density at radius 1 is 1.43 bits per heavy atom. The summed E-state index contributed by atoms with van der Waals surface area (Å²) in [5.74, 6) is 1.00. The summed E-state index contributed by atoms with van der Waals surface area (Å²) in [4.78, 5) is 11.2. The fraction of sp³-hybridized carbons (Fsp3) is 0.417. The third-order valence-corrected chi connectivity index (χ3v) is 2.34. The van der Waals surface area contributed by atoms with Gasteiger partial charge in [0.1, 0.15) is 5.75 Å². The number of Topliss-reactive ketones (excluding diaryl/α,β-unsaturated/α-hetero) is 1. The standard InChI is InChI=1S/C12H16O2/c1-5-10-7-11(9(3)13)6-8(2)12(10)14-4/h6-7H,5H2,1-4H3. The monoisotopic (exact) mass is 192 g/mol. The van der Waals surface area contributed by atoms with Gasteiger partial charge in [-0.25, -0.2) is 0 Å². The fourth-order valence-corrected chi connectivity index (χ4v) is 1.60. The molecule has 0 unspecified atom stereocenters. The molecule has 0 aliphatic heterocycles. The lowest BCUT2D eigenvalue weighted by Crippen LogP contribution is -1.99. The van der Waals surface area contributed by atoms with E-state index in [0.29, 0.717) is 0 Å². The smallest absolute Gasteiger partial charge is 0.159 e. The molecule has 0 aliphatic carbocycles. The molecule has 0 spiro atoms. The van der Waals surface area contributed by atoms with Gasteiger partial charge in [-0.05, 0) is 43.5 Å². The zero-order valence-corrected chi connectivity index (χ0v) is 9.18. The van der Waals surface area contributed by atoms with Crippen molar-refractivity contribution in [3.8, 4) is 5.75 Å². The molecule has 0 aliphatic rings. The van der Waals surface area contributed by atoms with E-state index in [4.69, 9.17) is 4.74 Å². The van der Waals surface area contributed by atoms with Gasteiger partial charge < -0.3 is 4.74 Å². The summed E-state index contributed by atoms with van der Waals surface area (Å²) in [5, 5.41) is 0. The molecule has 0 aromatic heterocycles. The van der Waals surface area contributed by atoms with E-state index in [-0.39, 0.29) is 5.78 Å². The number of ether oxygens (including phenoxy) is 1. The van der Waals surface area contributed by atoms with E-state index in [1.165, 1.54) is 0 Å². The van der Waals surface area contributed by atoms with Crippen molar-refractivity contribution in [3.63, 3.8) is 0 Å². The number of rotatable bonds is 3. The van der Waals surface area contributed by atoms with Crippen LogP contribution in [0.25, 0.3) is 0 Å². The molecule has 1 aromatic carbocycles. The van der Waals surface area contributed by atoms with Crippen LogP contribution >= 0.6 is 0 Å². The molecule has 1 rings (SSSR count). The molecule has 0 heterocycles. The van der Waals surface area contributed by atoms with E-state index in [0.717, 1.165) is 28.9 Å². The molecular weight excluding hydrogens is 176 g/mol. The molecule has 76 valence electrons. The molecule has 0 fully saturated rings. The highest BCUT2D eigenvalue weighted by Gasteiger charge is 2.09. The summed E-state index contributed by atoms with van der Waals surface area (Å²) >= 11 is 0. The van der Waals surface area contributed by atoms with Crippen molar-refractivity contribution in [2.24, 2.45) is 0 Å². The Bertz CT molecular complexity index is 354. The summed E-state index contributed by atoms with van der Waals surface area (Å²) in [6, 6.07) is 3.79. The summed E-state index contributed by atoms with van der Waals surface area (Å²) in [5.41, 5.74) is 2.88. The molecule has 0 N–H and O–H groups in total. The quantitative estimate of drug-likeness (QED) is 0.688.